The van der Waals surface area contributed by atoms with E-state index in [0.29, 0.717) is 6.04 Å². The number of amides is 1. The second-order valence-corrected chi connectivity index (χ2v) is 4.84. The lowest BCUT2D eigenvalue weighted by Gasteiger charge is -2.35. The molecule has 0 spiro atoms. The van der Waals surface area contributed by atoms with E-state index in [1.807, 2.05) is 42.3 Å². The first-order chi connectivity index (χ1) is 8.18. The number of hydrogen-bond donors (Lipinski definition) is 0. The highest BCUT2D eigenvalue weighted by atomic mass is 16.2. The largest absolute Gasteiger partial charge is 0.337 e. The molecule has 1 aromatic carbocycles. The lowest BCUT2D eigenvalue weighted by atomic mass is 10.0. The third-order valence-corrected chi connectivity index (χ3v) is 3.49. The van der Waals surface area contributed by atoms with Crippen LogP contribution in [-0.4, -0.2) is 48.9 Å². The number of carbonyl (C=O) groups is 1. The highest BCUT2D eigenvalue weighted by Gasteiger charge is 2.24. The van der Waals surface area contributed by atoms with Crippen LogP contribution in [0.25, 0.3) is 0 Å². The van der Waals surface area contributed by atoms with Gasteiger partial charge in [0.1, 0.15) is 0 Å². The molecule has 0 N–H and O–H groups in total. The molecule has 0 bridgehead atoms. The minimum absolute atomic E-state index is 0.130. The Morgan fingerprint density at radius 3 is 2.71 bits per heavy atom. The van der Waals surface area contributed by atoms with Gasteiger partial charge >= 0.3 is 0 Å². The van der Waals surface area contributed by atoms with Gasteiger partial charge in [-0.3, -0.25) is 4.79 Å². The summed E-state index contributed by atoms with van der Waals surface area (Å²) in [6.45, 7) is 2.12. The van der Waals surface area contributed by atoms with Crippen LogP contribution in [-0.2, 0) is 0 Å². The number of benzene rings is 1. The van der Waals surface area contributed by atoms with E-state index in [1.54, 1.807) is 0 Å². The highest BCUT2D eigenvalue weighted by molar-refractivity contribution is 5.94. The maximum atomic E-state index is 12.3. The molecule has 1 aliphatic heterocycles. The van der Waals surface area contributed by atoms with Gasteiger partial charge in [0.25, 0.3) is 5.91 Å². The summed E-state index contributed by atoms with van der Waals surface area (Å²) in [6, 6.07) is 9.87. The van der Waals surface area contributed by atoms with Crippen molar-refractivity contribution in [3.05, 3.63) is 35.9 Å². The number of likely N-dealkylation sites (tertiary alicyclic amines) is 1. The number of carbonyl (C=O) groups excluding carboxylic acids is 1. The number of hydrogen-bond acceptors (Lipinski definition) is 2. The van der Waals surface area contributed by atoms with Gasteiger partial charge in [-0.05, 0) is 38.6 Å². The van der Waals surface area contributed by atoms with Crippen molar-refractivity contribution in [1.82, 2.24) is 9.80 Å². The summed E-state index contributed by atoms with van der Waals surface area (Å²) in [5.74, 6) is 0.130. The van der Waals surface area contributed by atoms with Crippen molar-refractivity contribution in [3.63, 3.8) is 0 Å². The summed E-state index contributed by atoms with van der Waals surface area (Å²) in [7, 11) is 4.03. The van der Waals surface area contributed by atoms with Gasteiger partial charge in [0.15, 0.2) is 0 Å². The predicted molar refractivity (Wildman–Crippen MR) is 69.1 cm³/mol. The van der Waals surface area contributed by atoms with E-state index in [2.05, 4.69) is 11.9 Å². The topological polar surface area (TPSA) is 23.6 Å². The fourth-order valence-electron chi connectivity index (χ4n) is 2.41. The Balaban J connectivity index is 2.04. The monoisotopic (exact) mass is 232 g/mol. The minimum Gasteiger partial charge on any atom is -0.337 e. The molecule has 92 valence electrons. The van der Waals surface area contributed by atoms with Gasteiger partial charge in [-0.25, -0.2) is 0 Å². The predicted octanol–water partition coefficient (Wildman–Crippen LogP) is 1.85. The number of piperidine rings is 1. The molecule has 17 heavy (non-hydrogen) atoms. The van der Waals surface area contributed by atoms with Gasteiger partial charge in [-0.1, -0.05) is 18.2 Å². The Morgan fingerprint density at radius 2 is 2.06 bits per heavy atom. The molecule has 3 heteroatoms. The molecule has 1 saturated heterocycles. The molecule has 1 fully saturated rings. The molecular weight excluding hydrogens is 212 g/mol. The number of rotatable bonds is 2. The first-order valence-corrected chi connectivity index (χ1v) is 6.19. The number of nitrogens with zero attached hydrogens (tertiary/aromatic N) is 2. The fraction of sp³-hybridized carbons (Fsp3) is 0.500. The average molecular weight is 232 g/mol. The lowest BCUT2D eigenvalue weighted by molar-refractivity contribution is 0.0644. The van der Waals surface area contributed by atoms with Gasteiger partial charge in [-0.2, -0.15) is 0 Å². The van der Waals surface area contributed by atoms with Gasteiger partial charge in [0, 0.05) is 25.2 Å². The van der Waals surface area contributed by atoms with Crippen molar-refractivity contribution in [2.45, 2.75) is 18.9 Å². The molecular formula is C14H20N2O. The van der Waals surface area contributed by atoms with Gasteiger partial charge in [-0.15, -0.1) is 0 Å². The zero-order valence-corrected chi connectivity index (χ0v) is 10.6. The van der Waals surface area contributed by atoms with Crippen LogP contribution in [0.15, 0.2) is 30.3 Å². The van der Waals surface area contributed by atoms with Crippen molar-refractivity contribution in [3.8, 4) is 0 Å². The molecule has 2 rings (SSSR count). The van der Waals surface area contributed by atoms with Crippen molar-refractivity contribution >= 4 is 5.91 Å². The quantitative estimate of drug-likeness (QED) is 0.777. The second-order valence-electron chi connectivity index (χ2n) is 4.84. The molecule has 1 atom stereocenters. The van der Waals surface area contributed by atoms with E-state index in [1.165, 1.54) is 6.42 Å². The molecule has 1 heterocycles. The zero-order valence-electron chi connectivity index (χ0n) is 10.6. The molecule has 1 unspecified atom stereocenters. The SMILES string of the molecule is CN1CCCC(N(C)C(=O)c2ccccc2)C1. The molecule has 1 aromatic rings. The van der Waals surface area contributed by atoms with Crippen molar-refractivity contribution < 1.29 is 4.79 Å². The third kappa shape index (κ3) is 2.86. The van der Waals surface area contributed by atoms with Crippen LogP contribution in [0, 0.1) is 0 Å². The summed E-state index contributed by atoms with van der Waals surface area (Å²) in [6.07, 6.45) is 2.28. The van der Waals surface area contributed by atoms with Crippen LogP contribution in [0.2, 0.25) is 0 Å². The summed E-state index contributed by atoms with van der Waals surface area (Å²) >= 11 is 0. The Bertz CT molecular complexity index is 377. The van der Waals surface area contributed by atoms with Crippen LogP contribution in [0.5, 0.6) is 0 Å². The second kappa shape index (κ2) is 5.32. The highest BCUT2D eigenvalue weighted by Crippen LogP contribution is 2.15. The first kappa shape index (κ1) is 12.1. The van der Waals surface area contributed by atoms with Crippen LogP contribution < -0.4 is 0 Å². The summed E-state index contributed by atoms with van der Waals surface area (Å²) in [5.41, 5.74) is 0.781. The minimum atomic E-state index is 0.130. The summed E-state index contributed by atoms with van der Waals surface area (Å²) in [4.78, 5) is 16.4. The maximum Gasteiger partial charge on any atom is 0.253 e. The molecule has 0 aromatic heterocycles. The van der Waals surface area contributed by atoms with Crippen LogP contribution in [0.4, 0.5) is 0 Å². The van der Waals surface area contributed by atoms with Crippen LogP contribution in [0.3, 0.4) is 0 Å². The third-order valence-electron chi connectivity index (χ3n) is 3.49. The molecule has 0 radical (unpaired) electrons. The first-order valence-electron chi connectivity index (χ1n) is 6.19. The van der Waals surface area contributed by atoms with Crippen LogP contribution >= 0.6 is 0 Å². The van der Waals surface area contributed by atoms with Crippen LogP contribution in [0.1, 0.15) is 23.2 Å². The number of likely N-dealkylation sites (N-methyl/N-ethyl adjacent to an activating group) is 2. The fourth-order valence-corrected chi connectivity index (χ4v) is 2.41. The van der Waals surface area contributed by atoms with E-state index in [0.717, 1.165) is 25.1 Å². The van der Waals surface area contributed by atoms with Crippen molar-refractivity contribution in [2.75, 3.05) is 27.2 Å². The molecule has 0 saturated carbocycles. The zero-order chi connectivity index (χ0) is 12.3. The van der Waals surface area contributed by atoms with Gasteiger partial charge < -0.3 is 9.80 Å². The average Bonchev–Trinajstić information content (AvgIpc) is 2.38. The normalized spacial score (nSPS) is 21.2. The Labute approximate surface area is 103 Å². The molecule has 1 amide bonds. The standard InChI is InChI=1S/C14H20N2O/c1-15-10-6-9-13(11-15)16(2)14(17)12-7-4-3-5-8-12/h3-5,7-8,13H,6,9-11H2,1-2H3. The van der Waals surface area contributed by atoms with E-state index < -0.39 is 0 Å². The smallest absolute Gasteiger partial charge is 0.253 e. The lowest BCUT2D eigenvalue weighted by Crippen LogP contribution is -2.47. The maximum absolute atomic E-state index is 12.3. The summed E-state index contributed by atoms with van der Waals surface area (Å²) in [5, 5.41) is 0. The van der Waals surface area contributed by atoms with E-state index in [9.17, 15) is 4.79 Å². The van der Waals surface area contributed by atoms with E-state index >= 15 is 0 Å². The molecule has 0 aliphatic carbocycles. The summed E-state index contributed by atoms with van der Waals surface area (Å²) < 4.78 is 0. The Kier molecular flexibility index (Phi) is 3.79. The Hall–Kier alpha value is -1.35. The van der Waals surface area contributed by atoms with Crippen molar-refractivity contribution in [1.29, 1.82) is 0 Å². The van der Waals surface area contributed by atoms with Gasteiger partial charge in [0.2, 0.25) is 0 Å². The molecule has 3 nitrogen and oxygen atoms in total. The van der Waals surface area contributed by atoms with Gasteiger partial charge in [0.05, 0.1) is 0 Å². The molecule has 1 aliphatic rings. The van der Waals surface area contributed by atoms with E-state index in [-0.39, 0.29) is 5.91 Å². The van der Waals surface area contributed by atoms with Crippen molar-refractivity contribution in [2.24, 2.45) is 0 Å². The van der Waals surface area contributed by atoms with E-state index in [4.69, 9.17) is 0 Å². The Morgan fingerprint density at radius 1 is 1.35 bits per heavy atom.